The molecule has 1 aliphatic rings. The minimum absolute atomic E-state index is 0.0792. The van der Waals surface area contributed by atoms with Gasteiger partial charge in [0.15, 0.2) is 0 Å². The highest BCUT2D eigenvalue weighted by Crippen LogP contribution is 2.40. The molecule has 3 N–H and O–H groups in total. The van der Waals surface area contributed by atoms with Crippen molar-refractivity contribution < 1.29 is 23.4 Å². The van der Waals surface area contributed by atoms with Crippen LogP contribution >= 0.6 is 0 Å². The van der Waals surface area contributed by atoms with Crippen LogP contribution in [0.4, 0.5) is 19.3 Å². The quantitative estimate of drug-likeness (QED) is 0.322. The van der Waals surface area contributed by atoms with Crippen LogP contribution in [-0.4, -0.2) is 35.4 Å². The highest BCUT2D eigenvalue weighted by Gasteiger charge is 2.23. The van der Waals surface area contributed by atoms with Crippen LogP contribution in [0.2, 0.25) is 0 Å². The van der Waals surface area contributed by atoms with Crippen LogP contribution in [0.3, 0.4) is 0 Å². The number of carbonyl (C=O) groups is 1. The Morgan fingerprint density at radius 1 is 1.08 bits per heavy atom. The fourth-order valence-corrected chi connectivity index (χ4v) is 4.98. The number of aromatic nitrogens is 1. The Kier molecular flexibility index (Phi) is 6.90. The van der Waals surface area contributed by atoms with Gasteiger partial charge in [0.1, 0.15) is 18.2 Å². The van der Waals surface area contributed by atoms with Gasteiger partial charge < -0.3 is 20.5 Å². The summed E-state index contributed by atoms with van der Waals surface area (Å²) in [7, 11) is 0. The molecule has 0 spiro atoms. The van der Waals surface area contributed by atoms with E-state index in [1.165, 1.54) is 12.1 Å². The van der Waals surface area contributed by atoms with Crippen molar-refractivity contribution in [3.05, 3.63) is 83.6 Å². The zero-order chi connectivity index (χ0) is 26.8. The first kappa shape index (κ1) is 25.1. The Labute approximate surface area is 217 Å². The number of anilines is 1. The van der Waals surface area contributed by atoms with Crippen LogP contribution in [0, 0.1) is 23.0 Å². The molecule has 0 saturated carbocycles. The number of nitrogens with zero attached hydrogens (tertiary/aromatic N) is 3. The number of carboxylic acid groups (broad SMARTS) is 1. The van der Waals surface area contributed by atoms with Gasteiger partial charge in [0.25, 0.3) is 0 Å². The van der Waals surface area contributed by atoms with Crippen molar-refractivity contribution in [1.82, 2.24) is 4.98 Å². The maximum Gasteiger partial charge on any atom is 0.506 e. The molecular formula is C29H24F2N4O3. The van der Waals surface area contributed by atoms with E-state index in [4.69, 9.17) is 15.6 Å². The van der Waals surface area contributed by atoms with Gasteiger partial charge in [0.05, 0.1) is 22.8 Å². The lowest BCUT2D eigenvalue weighted by molar-refractivity contribution is 0.0854. The molecule has 5 rings (SSSR count). The summed E-state index contributed by atoms with van der Waals surface area (Å²) < 4.78 is 33.2. The van der Waals surface area contributed by atoms with E-state index >= 15 is 0 Å². The third kappa shape index (κ3) is 4.99. The lowest BCUT2D eigenvalue weighted by Gasteiger charge is -2.34. The molecule has 192 valence electrons. The molecule has 1 aliphatic heterocycles. The number of ether oxygens (including phenoxy) is 1. The summed E-state index contributed by atoms with van der Waals surface area (Å²) in [5.41, 5.74) is 10.7. The highest BCUT2D eigenvalue weighted by atomic mass is 19.1. The van der Waals surface area contributed by atoms with Gasteiger partial charge in [-0.25, -0.2) is 13.6 Å². The number of pyridine rings is 1. The predicted octanol–water partition coefficient (Wildman–Crippen LogP) is 5.84. The maximum atomic E-state index is 14.2. The first-order valence-corrected chi connectivity index (χ1v) is 12.1. The minimum Gasteiger partial charge on any atom is -0.450 e. The number of halogens is 2. The van der Waals surface area contributed by atoms with Crippen molar-refractivity contribution in [2.24, 2.45) is 5.73 Å². The van der Waals surface area contributed by atoms with E-state index in [-0.39, 0.29) is 12.6 Å². The Morgan fingerprint density at radius 3 is 2.50 bits per heavy atom. The SMILES string of the molecule is N#Cc1cccc(-c2ccc3ncc(-c4cc(F)cc(F)c4)c(N4CCC(N)CC4)c3c2)c1COC(=O)O. The number of nitrogens with two attached hydrogens (primary N) is 1. The van der Waals surface area contributed by atoms with Gasteiger partial charge in [-0.05, 0) is 59.9 Å². The lowest BCUT2D eigenvalue weighted by atomic mass is 9.93. The van der Waals surface area contributed by atoms with Gasteiger partial charge in [-0.3, -0.25) is 4.98 Å². The van der Waals surface area contributed by atoms with Gasteiger partial charge >= 0.3 is 6.16 Å². The molecule has 1 aromatic heterocycles. The van der Waals surface area contributed by atoms with Crippen molar-refractivity contribution in [2.75, 3.05) is 18.0 Å². The molecule has 0 atom stereocenters. The molecule has 0 bridgehead atoms. The fraction of sp³-hybridized carbons (Fsp3) is 0.207. The Hall–Kier alpha value is -4.55. The maximum absolute atomic E-state index is 14.2. The average molecular weight is 515 g/mol. The lowest BCUT2D eigenvalue weighted by Crippen LogP contribution is -2.40. The van der Waals surface area contributed by atoms with Crippen LogP contribution in [0.15, 0.2) is 60.8 Å². The van der Waals surface area contributed by atoms with Crippen LogP contribution < -0.4 is 10.6 Å². The number of rotatable bonds is 5. The van der Waals surface area contributed by atoms with Gasteiger partial charge in [-0.15, -0.1) is 0 Å². The van der Waals surface area contributed by atoms with Gasteiger partial charge in [-0.2, -0.15) is 5.26 Å². The molecule has 38 heavy (non-hydrogen) atoms. The second-order valence-electron chi connectivity index (χ2n) is 9.23. The van der Waals surface area contributed by atoms with Crippen LogP contribution in [0.5, 0.6) is 0 Å². The summed E-state index contributed by atoms with van der Waals surface area (Å²) >= 11 is 0. The summed E-state index contributed by atoms with van der Waals surface area (Å²) in [5.74, 6) is -1.37. The average Bonchev–Trinajstić information content (AvgIpc) is 2.90. The van der Waals surface area contributed by atoms with E-state index in [1.807, 2.05) is 18.2 Å². The second kappa shape index (κ2) is 10.4. The summed E-state index contributed by atoms with van der Waals surface area (Å²) in [5, 5.41) is 19.4. The summed E-state index contributed by atoms with van der Waals surface area (Å²) in [6.07, 6.45) is 1.72. The van der Waals surface area contributed by atoms with E-state index in [2.05, 4.69) is 16.0 Å². The topological polar surface area (TPSA) is 112 Å². The normalized spacial score (nSPS) is 13.9. The molecule has 3 aromatic carbocycles. The number of fused-ring (bicyclic) bond motifs is 1. The highest BCUT2D eigenvalue weighted by molar-refractivity contribution is 6.02. The van der Waals surface area contributed by atoms with E-state index in [0.717, 1.165) is 35.5 Å². The van der Waals surface area contributed by atoms with E-state index in [1.54, 1.807) is 24.4 Å². The Morgan fingerprint density at radius 2 is 1.82 bits per heavy atom. The van der Waals surface area contributed by atoms with E-state index in [9.17, 15) is 18.8 Å². The van der Waals surface area contributed by atoms with Crippen LogP contribution in [0.25, 0.3) is 33.2 Å². The van der Waals surface area contributed by atoms with Crippen molar-refractivity contribution in [3.63, 3.8) is 0 Å². The largest absolute Gasteiger partial charge is 0.506 e. The minimum atomic E-state index is -1.44. The van der Waals surface area contributed by atoms with E-state index < -0.39 is 17.8 Å². The molecule has 4 aromatic rings. The predicted molar refractivity (Wildman–Crippen MR) is 139 cm³/mol. The smallest absolute Gasteiger partial charge is 0.450 e. The summed E-state index contributed by atoms with van der Waals surface area (Å²) in [4.78, 5) is 17.8. The first-order chi connectivity index (χ1) is 18.3. The monoisotopic (exact) mass is 514 g/mol. The zero-order valence-electron chi connectivity index (χ0n) is 20.3. The number of hydrogen-bond donors (Lipinski definition) is 2. The molecule has 0 unspecified atom stereocenters. The van der Waals surface area contributed by atoms with Crippen LogP contribution in [0.1, 0.15) is 24.0 Å². The van der Waals surface area contributed by atoms with Crippen LogP contribution in [-0.2, 0) is 11.3 Å². The van der Waals surface area contributed by atoms with Crippen molar-refractivity contribution in [3.8, 4) is 28.3 Å². The number of benzene rings is 3. The zero-order valence-corrected chi connectivity index (χ0v) is 20.3. The molecule has 2 heterocycles. The standard InChI is InChI=1S/C29H24F2N4O3/c30-20-10-19(11-21(31)13-20)25-15-34-27-5-4-17(12-24(27)28(25)35-8-6-22(33)7-9-35)23-3-1-2-18(14-32)26(23)16-38-29(36)37/h1-5,10-13,15,22H,6-9,16,33H2,(H,36,37). The molecule has 7 nitrogen and oxygen atoms in total. The third-order valence-electron chi connectivity index (χ3n) is 6.82. The summed E-state index contributed by atoms with van der Waals surface area (Å²) in [6, 6.07) is 16.3. The van der Waals surface area contributed by atoms with Gasteiger partial charge in [0, 0.05) is 47.9 Å². The molecular weight excluding hydrogens is 490 g/mol. The fourth-order valence-electron chi connectivity index (χ4n) is 4.98. The number of piperidine rings is 1. The molecule has 0 amide bonds. The third-order valence-corrected chi connectivity index (χ3v) is 6.82. The Balaban J connectivity index is 1.73. The summed E-state index contributed by atoms with van der Waals surface area (Å²) in [6.45, 7) is 1.04. The van der Waals surface area contributed by atoms with E-state index in [0.29, 0.717) is 46.4 Å². The van der Waals surface area contributed by atoms with Crippen molar-refractivity contribution in [1.29, 1.82) is 5.26 Å². The molecule has 0 radical (unpaired) electrons. The number of hydrogen-bond acceptors (Lipinski definition) is 6. The second-order valence-corrected chi connectivity index (χ2v) is 9.23. The number of nitriles is 1. The molecule has 1 fully saturated rings. The van der Waals surface area contributed by atoms with Crippen molar-refractivity contribution >= 4 is 22.7 Å². The van der Waals surface area contributed by atoms with Gasteiger partial charge in [-0.1, -0.05) is 18.2 Å². The molecule has 1 saturated heterocycles. The molecule has 9 heteroatoms. The van der Waals surface area contributed by atoms with Gasteiger partial charge in [0.2, 0.25) is 0 Å². The molecule has 0 aliphatic carbocycles. The Bertz CT molecular complexity index is 1560. The first-order valence-electron chi connectivity index (χ1n) is 12.1. The van der Waals surface area contributed by atoms with Crippen molar-refractivity contribution in [2.45, 2.75) is 25.5 Å².